The summed E-state index contributed by atoms with van der Waals surface area (Å²) in [6, 6.07) is 4.02. The quantitative estimate of drug-likeness (QED) is 0.913. The smallest absolute Gasteiger partial charge is 0.224 e. The number of piperidine rings is 1. The number of amides is 1. The van der Waals surface area contributed by atoms with Crippen LogP contribution in [0.25, 0.3) is 0 Å². The van der Waals surface area contributed by atoms with E-state index in [9.17, 15) is 4.79 Å². The van der Waals surface area contributed by atoms with Crippen LogP contribution in [0.3, 0.4) is 0 Å². The van der Waals surface area contributed by atoms with Crippen LogP contribution in [0.5, 0.6) is 0 Å². The molecule has 1 saturated heterocycles. The van der Waals surface area contributed by atoms with Crippen molar-refractivity contribution < 1.29 is 9.21 Å². The summed E-state index contributed by atoms with van der Waals surface area (Å²) in [7, 11) is 0. The molecule has 6 heteroatoms. The summed E-state index contributed by atoms with van der Waals surface area (Å²) in [5.74, 6) is 0.849. The van der Waals surface area contributed by atoms with Crippen LogP contribution >= 0.6 is 0 Å². The first kappa shape index (κ1) is 15.7. The second kappa shape index (κ2) is 7.37. The Labute approximate surface area is 135 Å². The van der Waals surface area contributed by atoms with E-state index in [0.29, 0.717) is 6.54 Å². The minimum absolute atomic E-state index is 0.0312. The van der Waals surface area contributed by atoms with Crippen LogP contribution in [0.1, 0.15) is 29.9 Å². The van der Waals surface area contributed by atoms with Crippen molar-refractivity contribution in [3.63, 3.8) is 0 Å². The van der Waals surface area contributed by atoms with Crippen molar-refractivity contribution >= 4 is 5.91 Å². The molecule has 0 bridgehead atoms. The maximum absolute atomic E-state index is 12.4. The number of hydrogen-bond donors (Lipinski definition) is 1. The Morgan fingerprint density at radius 3 is 3.17 bits per heavy atom. The summed E-state index contributed by atoms with van der Waals surface area (Å²) in [4.78, 5) is 22.9. The number of nitrogens with one attached hydrogen (secondary N) is 1. The van der Waals surface area contributed by atoms with Gasteiger partial charge in [0.25, 0.3) is 0 Å². The fourth-order valence-corrected chi connectivity index (χ4v) is 2.97. The largest absolute Gasteiger partial charge is 0.446 e. The van der Waals surface area contributed by atoms with Crippen LogP contribution in [0.4, 0.5) is 0 Å². The van der Waals surface area contributed by atoms with Crippen molar-refractivity contribution in [3.05, 3.63) is 47.9 Å². The van der Waals surface area contributed by atoms with E-state index in [1.54, 1.807) is 6.20 Å². The molecule has 1 N–H and O–H groups in total. The highest BCUT2D eigenvalue weighted by Gasteiger charge is 2.25. The topological polar surface area (TPSA) is 71.3 Å². The molecule has 2 aromatic rings. The van der Waals surface area contributed by atoms with Gasteiger partial charge in [0, 0.05) is 25.5 Å². The predicted molar refractivity (Wildman–Crippen MR) is 85.3 cm³/mol. The second-order valence-electron chi connectivity index (χ2n) is 6.01. The van der Waals surface area contributed by atoms with Crippen molar-refractivity contribution in [2.45, 2.75) is 32.9 Å². The number of oxazole rings is 1. The molecule has 6 nitrogen and oxygen atoms in total. The summed E-state index contributed by atoms with van der Waals surface area (Å²) in [5.41, 5.74) is 2.01. The fraction of sp³-hybridized carbons (Fsp3) is 0.471. The number of carbonyl (C=O) groups is 1. The highest BCUT2D eigenvalue weighted by molar-refractivity contribution is 5.78. The van der Waals surface area contributed by atoms with Gasteiger partial charge in [-0.1, -0.05) is 6.07 Å². The second-order valence-corrected chi connectivity index (χ2v) is 6.01. The molecule has 1 aliphatic rings. The van der Waals surface area contributed by atoms with E-state index < -0.39 is 0 Å². The minimum Gasteiger partial charge on any atom is -0.446 e. The number of aromatic nitrogens is 2. The Bertz CT molecular complexity index is 641. The van der Waals surface area contributed by atoms with Crippen LogP contribution in [-0.2, 0) is 17.9 Å². The molecule has 0 aliphatic carbocycles. The van der Waals surface area contributed by atoms with Gasteiger partial charge in [0.05, 0.1) is 18.2 Å². The molecule has 3 rings (SSSR count). The van der Waals surface area contributed by atoms with Gasteiger partial charge in [0.1, 0.15) is 5.76 Å². The van der Waals surface area contributed by atoms with Crippen LogP contribution in [-0.4, -0.2) is 33.9 Å². The summed E-state index contributed by atoms with van der Waals surface area (Å²) < 4.78 is 5.26. The van der Waals surface area contributed by atoms with E-state index >= 15 is 0 Å². The zero-order chi connectivity index (χ0) is 16.1. The Hall–Kier alpha value is -2.21. The van der Waals surface area contributed by atoms with Gasteiger partial charge in [0.2, 0.25) is 5.91 Å². The molecular formula is C17H22N4O2. The molecule has 1 fully saturated rings. The van der Waals surface area contributed by atoms with Gasteiger partial charge in [-0.2, -0.15) is 0 Å². The molecule has 2 aromatic heterocycles. The standard InChI is InChI=1S/C17H22N4O2/c1-13-16(23-12-20-13)9-19-17(22)15-5-3-7-21(11-15)10-14-4-2-6-18-8-14/h2,4,6,8,12,15H,3,5,7,9-11H2,1H3,(H,19,22). The molecule has 23 heavy (non-hydrogen) atoms. The molecule has 122 valence electrons. The van der Waals surface area contributed by atoms with Crippen LogP contribution in [0, 0.1) is 12.8 Å². The molecule has 1 atom stereocenters. The monoisotopic (exact) mass is 314 g/mol. The molecule has 0 spiro atoms. The number of hydrogen-bond acceptors (Lipinski definition) is 5. The van der Waals surface area contributed by atoms with E-state index in [2.05, 4.69) is 26.3 Å². The Balaban J connectivity index is 1.51. The third-order valence-corrected chi connectivity index (χ3v) is 4.27. The van der Waals surface area contributed by atoms with Gasteiger partial charge in [0.15, 0.2) is 6.39 Å². The van der Waals surface area contributed by atoms with Crippen LogP contribution < -0.4 is 5.32 Å². The van der Waals surface area contributed by atoms with E-state index in [1.165, 1.54) is 12.0 Å². The lowest BCUT2D eigenvalue weighted by atomic mass is 9.96. The highest BCUT2D eigenvalue weighted by atomic mass is 16.3. The van der Waals surface area contributed by atoms with Crippen LogP contribution in [0.2, 0.25) is 0 Å². The molecule has 0 saturated carbocycles. The van der Waals surface area contributed by atoms with Crippen molar-refractivity contribution in [2.75, 3.05) is 13.1 Å². The van der Waals surface area contributed by atoms with Crippen molar-refractivity contribution in [1.82, 2.24) is 20.2 Å². The van der Waals surface area contributed by atoms with Gasteiger partial charge in [-0.15, -0.1) is 0 Å². The zero-order valence-electron chi connectivity index (χ0n) is 13.4. The lowest BCUT2D eigenvalue weighted by Crippen LogP contribution is -2.42. The average Bonchev–Trinajstić information content (AvgIpc) is 2.99. The number of pyridine rings is 1. The Kier molecular flexibility index (Phi) is 5.02. The third kappa shape index (κ3) is 4.16. The maximum Gasteiger partial charge on any atom is 0.224 e. The lowest BCUT2D eigenvalue weighted by molar-refractivity contribution is -0.127. The summed E-state index contributed by atoms with van der Waals surface area (Å²) >= 11 is 0. The summed E-state index contributed by atoms with van der Waals surface area (Å²) in [6.07, 6.45) is 7.05. The normalized spacial score (nSPS) is 18.7. The molecule has 0 aromatic carbocycles. The van der Waals surface area contributed by atoms with Crippen LogP contribution in [0.15, 0.2) is 35.3 Å². The van der Waals surface area contributed by atoms with E-state index in [4.69, 9.17) is 4.42 Å². The molecule has 1 unspecified atom stereocenters. The van der Waals surface area contributed by atoms with Crippen molar-refractivity contribution in [2.24, 2.45) is 5.92 Å². The molecule has 1 amide bonds. The fourth-order valence-electron chi connectivity index (χ4n) is 2.97. The van der Waals surface area contributed by atoms with Gasteiger partial charge in [-0.3, -0.25) is 14.7 Å². The number of rotatable bonds is 5. The summed E-state index contributed by atoms with van der Waals surface area (Å²) in [6.45, 7) is 4.94. The maximum atomic E-state index is 12.4. The third-order valence-electron chi connectivity index (χ3n) is 4.27. The first-order chi connectivity index (χ1) is 11.2. The number of nitrogens with zero attached hydrogens (tertiary/aromatic N) is 3. The van der Waals surface area contributed by atoms with Gasteiger partial charge in [-0.05, 0) is 37.9 Å². The van der Waals surface area contributed by atoms with Crippen molar-refractivity contribution in [1.29, 1.82) is 0 Å². The average molecular weight is 314 g/mol. The number of aryl methyl sites for hydroxylation is 1. The van der Waals surface area contributed by atoms with E-state index in [-0.39, 0.29) is 11.8 Å². The summed E-state index contributed by atoms with van der Waals surface area (Å²) in [5, 5.41) is 2.97. The molecule has 3 heterocycles. The highest BCUT2D eigenvalue weighted by Crippen LogP contribution is 2.19. The number of likely N-dealkylation sites (tertiary alicyclic amines) is 1. The SMILES string of the molecule is Cc1ncoc1CNC(=O)C1CCCN(Cc2cccnc2)C1. The number of carbonyl (C=O) groups excluding carboxylic acids is 1. The van der Waals surface area contributed by atoms with Gasteiger partial charge < -0.3 is 9.73 Å². The lowest BCUT2D eigenvalue weighted by Gasteiger charge is -2.31. The minimum atomic E-state index is 0.0312. The molecule has 0 radical (unpaired) electrons. The molecular weight excluding hydrogens is 292 g/mol. The van der Waals surface area contributed by atoms with Crippen molar-refractivity contribution in [3.8, 4) is 0 Å². The predicted octanol–water partition coefficient (Wildman–Crippen LogP) is 1.91. The zero-order valence-corrected chi connectivity index (χ0v) is 13.4. The molecule has 1 aliphatic heterocycles. The van der Waals surface area contributed by atoms with E-state index in [0.717, 1.165) is 43.9 Å². The van der Waals surface area contributed by atoms with E-state index in [1.807, 2.05) is 19.2 Å². The Morgan fingerprint density at radius 1 is 1.52 bits per heavy atom. The first-order valence-electron chi connectivity index (χ1n) is 8.00. The van der Waals surface area contributed by atoms with Gasteiger partial charge in [-0.25, -0.2) is 4.98 Å². The first-order valence-corrected chi connectivity index (χ1v) is 8.00. The van der Waals surface area contributed by atoms with Gasteiger partial charge >= 0.3 is 0 Å². The Morgan fingerprint density at radius 2 is 2.43 bits per heavy atom.